The number of hydrogen-bond acceptors (Lipinski definition) is 4. The molecule has 0 saturated carbocycles. The van der Waals surface area contributed by atoms with Crippen molar-refractivity contribution in [3.8, 4) is 0 Å². The van der Waals surface area contributed by atoms with E-state index in [2.05, 4.69) is 10.3 Å². The summed E-state index contributed by atoms with van der Waals surface area (Å²) in [5, 5.41) is 4.88. The fourth-order valence-corrected chi connectivity index (χ4v) is 3.43. The molecule has 24 heavy (non-hydrogen) atoms. The van der Waals surface area contributed by atoms with Gasteiger partial charge in [-0.3, -0.25) is 4.79 Å². The van der Waals surface area contributed by atoms with Crippen LogP contribution in [0.2, 0.25) is 0 Å². The van der Waals surface area contributed by atoms with E-state index in [4.69, 9.17) is 0 Å². The first-order valence-corrected chi connectivity index (χ1v) is 8.35. The molecule has 1 aliphatic heterocycles. The second-order valence-electron chi connectivity index (χ2n) is 5.80. The van der Waals surface area contributed by atoms with Gasteiger partial charge in [0.15, 0.2) is 0 Å². The van der Waals surface area contributed by atoms with E-state index in [0.717, 1.165) is 24.2 Å². The predicted molar refractivity (Wildman–Crippen MR) is 86.4 cm³/mol. The fraction of sp³-hybridized carbons (Fsp3) is 0.375. The van der Waals surface area contributed by atoms with Gasteiger partial charge in [0, 0.05) is 25.3 Å². The van der Waals surface area contributed by atoms with Crippen molar-refractivity contribution in [3.05, 3.63) is 45.8 Å². The molecule has 3 rings (SSSR count). The van der Waals surface area contributed by atoms with Crippen LogP contribution in [0.5, 0.6) is 0 Å². The molecule has 0 unspecified atom stereocenters. The van der Waals surface area contributed by atoms with Crippen molar-refractivity contribution in [1.82, 2.24) is 10.3 Å². The molecule has 0 radical (unpaired) electrons. The molecule has 2 aromatic heterocycles. The summed E-state index contributed by atoms with van der Waals surface area (Å²) < 4.78 is 37.7. The van der Waals surface area contributed by atoms with Crippen LogP contribution in [0.1, 0.15) is 27.2 Å². The van der Waals surface area contributed by atoms with Gasteiger partial charge in [0.25, 0.3) is 5.91 Å². The van der Waals surface area contributed by atoms with Crippen LogP contribution in [0.25, 0.3) is 0 Å². The molecule has 1 fully saturated rings. The van der Waals surface area contributed by atoms with Crippen LogP contribution in [0.15, 0.2) is 29.8 Å². The van der Waals surface area contributed by atoms with E-state index in [0.29, 0.717) is 23.8 Å². The number of alkyl halides is 3. The molecule has 1 aliphatic rings. The number of carbonyl (C=O) groups is 1. The first kappa shape index (κ1) is 16.8. The molecule has 0 bridgehead atoms. The van der Waals surface area contributed by atoms with Gasteiger partial charge in [0.2, 0.25) is 0 Å². The maximum Gasteiger partial charge on any atom is 0.417 e. The maximum atomic E-state index is 12.6. The number of rotatable bonds is 3. The number of nitrogens with zero attached hydrogens (tertiary/aromatic N) is 2. The molecule has 1 N–H and O–H groups in total. The molecule has 3 heterocycles. The van der Waals surface area contributed by atoms with E-state index in [1.807, 2.05) is 23.3 Å². The molecule has 2 aromatic rings. The smallest absolute Gasteiger partial charge is 0.354 e. The summed E-state index contributed by atoms with van der Waals surface area (Å²) >= 11 is 1.40. The lowest BCUT2D eigenvalue weighted by atomic mass is 10.2. The van der Waals surface area contributed by atoms with Crippen molar-refractivity contribution in [2.24, 2.45) is 0 Å². The van der Waals surface area contributed by atoms with Crippen molar-refractivity contribution < 1.29 is 18.0 Å². The van der Waals surface area contributed by atoms with E-state index in [1.165, 1.54) is 17.4 Å². The summed E-state index contributed by atoms with van der Waals surface area (Å²) in [6, 6.07) is 4.20. The van der Waals surface area contributed by atoms with E-state index in [1.54, 1.807) is 0 Å². The lowest BCUT2D eigenvalue weighted by molar-refractivity contribution is -0.137. The van der Waals surface area contributed by atoms with Crippen LogP contribution < -0.4 is 10.2 Å². The Morgan fingerprint density at radius 1 is 1.42 bits per heavy atom. The summed E-state index contributed by atoms with van der Waals surface area (Å²) in [5.41, 5.74) is 0.288. The number of aryl methyl sites for hydroxylation is 1. The average Bonchev–Trinajstić information content (AvgIpc) is 3.16. The van der Waals surface area contributed by atoms with E-state index < -0.39 is 11.7 Å². The summed E-state index contributed by atoms with van der Waals surface area (Å²) in [5.74, 6) is 0.382. The van der Waals surface area contributed by atoms with Crippen LogP contribution in [0.4, 0.5) is 19.0 Å². The quantitative estimate of drug-likeness (QED) is 0.917. The number of thiophene rings is 1. The fourth-order valence-electron chi connectivity index (χ4n) is 2.63. The third kappa shape index (κ3) is 3.69. The van der Waals surface area contributed by atoms with Gasteiger partial charge in [-0.2, -0.15) is 13.2 Å². The van der Waals surface area contributed by atoms with Crippen molar-refractivity contribution in [2.45, 2.75) is 25.6 Å². The summed E-state index contributed by atoms with van der Waals surface area (Å²) in [4.78, 5) is 18.6. The second-order valence-corrected chi connectivity index (χ2v) is 6.71. The lowest BCUT2D eigenvalue weighted by Crippen LogP contribution is -2.36. The minimum atomic E-state index is -4.38. The molecule has 0 aliphatic carbocycles. The molecule has 1 atom stereocenters. The number of hydrogen-bond donors (Lipinski definition) is 1. The third-order valence-corrected chi connectivity index (χ3v) is 4.92. The minimum Gasteiger partial charge on any atom is -0.354 e. The third-order valence-electron chi connectivity index (χ3n) is 3.88. The van der Waals surface area contributed by atoms with E-state index in [-0.39, 0.29) is 11.9 Å². The van der Waals surface area contributed by atoms with E-state index in [9.17, 15) is 18.0 Å². The van der Waals surface area contributed by atoms with Gasteiger partial charge >= 0.3 is 6.18 Å². The lowest BCUT2D eigenvalue weighted by Gasteiger charge is -2.18. The van der Waals surface area contributed by atoms with Crippen molar-refractivity contribution in [1.29, 1.82) is 0 Å². The van der Waals surface area contributed by atoms with Gasteiger partial charge in [0.05, 0.1) is 10.4 Å². The van der Waals surface area contributed by atoms with Crippen molar-refractivity contribution >= 4 is 23.1 Å². The topological polar surface area (TPSA) is 45.2 Å². The highest BCUT2D eigenvalue weighted by molar-refractivity contribution is 7.12. The molecular weight excluding hydrogens is 339 g/mol. The molecule has 8 heteroatoms. The molecule has 0 spiro atoms. The number of anilines is 1. The molecular formula is C16H16F3N3OS. The highest BCUT2D eigenvalue weighted by atomic mass is 32.1. The van der Waals surface area contributed by atoms with Gasteiger partial charge in [-0.25, -0.2) is 4.98 Å². The number of pyridine rings is 1. The molecule has 1 amide bonds. The van der Waals surface area contributed by atoms with Crippen LogP contribution in [0.3, 0.4) is 0 Å². The molecule has 128 valence electrons. The first-order valence-electron chi connectivity index (χ1n) is 7.47. The Hall–Kier alpha value is -2.09. The second kappa shape index (κ2) is 6.43. The largest absolute Gasteiger partial charge is 0.417 e. The van der Waals surface area contributed by atoms with Crippen LogP contribution in [0, 0.1) is 6.92 Å². The zero-order chi connectivity index (χ0) is 17.3. The van der Waals surface area contributed by atoms with Crippen molar-refractivity contribution in [3.63, 3.8) is 0 Å². The number of nitrogens with one attached hydrogen (secondary N) is 1. The van der Waals surface area contributed by atoms with Gasteiger partial charge in [0.1, 0.15) is 5.82 Å². The Kier molecular flexibility index (Phi) is 4.49. The van der Waals surface area contributed by atoms with Crippen molar-refractivity contribution in [2.75, 3.05) is 18.0 Å². The molecule has 0 aromatic carbocycles. The van der Waals surface area contributed by atoms with Gasteiger partial charge in [-0.05, 0) is 42.5 Å². The SMILES string of the molecule is Cc1csc(C(=O)N[C@@H]2CCN(c3ccc(C(F)(F)F)cn3)C2)c1. The summed E-state index contributed by atoms with van der Waals surface area (Å²) in [6.45, 7) is 3.11. The highest BCUT2D eigenvalue weighted by Gasteiger charge is 2.31. The summed E-state index contributed by atoms with van der Waals surface area (Å²) in [7, 11) is 0. The first-order chi connectivity index (χ1) is 11.3. The Labute approximate surface area is 141 Å². The number of aromatic nitrogens is 1. The Bertz CT molecular complexity index is 727. The zero-order valence-corrected chi connectivity index (χ0v) is 13.7. The minimum absolute atomic E-state index is 0.0380. The molecule has 4 nitrogen and oxygen atoms in total. The van der Waals surface area contributed by atoms with E-state index >= 15 is 0 Å². The molecule has 1 saturated heterocycles. The number of carbonyl (C=O) groups excluding carboxylic acids is 1. The number of halogens is 3. The maximum absolute atomic E-state index is 12.6. The number of amides is 1. The zero-order valence-electron chi connectivity index (χ0n) is 12.9. The normalized spacial score (nSPS) is 18.0. The van der Waals surface area contributed by atoms with Gasteiger partial charge in [-0.15, -0.1) is 11.3 Å². The van der Waals surface area contributed by atoms with Crippen LogP contribution >= 0.6 is 11.3 Å². The Morgan fingerprint density at radius 3 is 2.79 bits per heavy atom. The van der Waals surface area contributed by atoms with Crippen LogP contribution in [-0.2, 0) is 6.18 Å². The van der Waals surface area contributed by atoms with Gasteiger partial charge < -0.3 is 10.2 Å². The highest BCUT2D eigenvalue weighted by Crippen LogP contribution is 2.30. The summed E-state index contributed by atoms with van der Waals surface area (Å²) in [6.07, 6.45) is -2.81. The van der Waals surface area contributed by atoms with Crippen LogP contribution in [-0.4, -0.2) is 30.0 Å². The standard InChI is InChI=1S/C16H16F3N3OS/c1-10-6-13(24-9-10)15(23)21-12-4-5-22(8-12)14-3-2-11(7-20-14)16(17,18)19/h2-3,6-7,9,12H,4-5,8H2,1H3,(H,21,23)/t12-/m1/s1. The van der Waals surface area contributed by atoms with Gasteiger partial charge in [-0.1, -0.05) is 0 Å². The predicted octanol–water partition coefficient (Wildman–Crippen LogP) is 3.48. The monoisotopic (exact) mass is 355 g/mol. The average molecular weight is 355 g/mol. The Morgan fingerprint density at radius 2 is 2.21 bits per heavy atom. The Balaban J connectivity index is 1.60.